The van der Waals surface area contributed by atoms with Gasteiger partial charge in [0.25, 0.3) is 10.0 Å². The third kappa shape index (κ3) is 8.45. The van der Waals surface area contributed by atoms with E-state index in [0.717, 1.165) is 22.0 Å². The maximum absolute atomic E-state index is 14.4. The minimum Gasteiger partial charge on any atom is -0.352 e. The summed E-state index contributed by atoms with van der Waals surface area (Å²) in [6, 6.07) is 27.7. The predicted molar refractivity (Wildman–Crippen MR) is 171 cm³/mol. The number of halogens is 2. The second kappa shape index (κ2) is 15.0. The van der Waals surface area contributed by atoms with Crippen LogP contribution in [0.3, 0.4) is 0 Å². The van der Waals surface area contributed by atoms with Gasteiger partial charge in [-0.1, -0.05) is 79.2 Å². The average Bonchev–Trinajstić information content (AvgIpc) is 3.02. The maximum atomic E-state index is 14.4. The number of rotatable bonds is 13. The van der Waals surface area contributed by atoms with Crippen molar-refractivity contribution < 1.29 is 22.4 Å². The van der Waals surface area contributed by atoms with Crippen LogP contribution in [0.5, 0.6) is 0 Å². The molecule has 4 rings (SSSR count). The number of hydrogen-bond donors (Lipinski definition) is 1. The Hall–Kier alpha value is -4.21. The van der Waals surface area contributed by atoms with Gasteiger partial charge in [0.05, 0.1) is 10.6 Å². The van der Waals surface area contributed by atoms with Crippen LogP contribution in [0.2, 0.25) is 5.02 Å². The molecular weight excluding hydrogens is 601 g/mol. The molecule has 0 spiro atoms. The first kappa shape index (κ1) is 32.7. The van der Waals surface area contributed by atoms with Gasteiger partial charge in [0, 0.05) is 24.0 Å². The van der Waals surface area contributed by atoms with Crippen LogP contribution in [0.15, 0.2) is 114 Å². The molecule has 0 aromatic heterocycles. The molecule has 0 fully saturated rings. The van der Waals surface area contributed by atoms with Crippen molar-refractivity contribution in [3.8, 4) is 0 Å². The SMILES string of the molecule is CC[C@@H](C)NC(=O)[C@@H](Cc1ccccc1)N(Cc1cccc(Cl)c1)C(=O)CN(c1ccc(F)cc1)S(=O)(=O)c1ccccc1. The Morgan fingerprint density at radius 2 is 1.48 bits per heavy atom. The highest BCUT2D eigenvalue weighted by Gasteiger charge is 2.35. The summed E-state index contributed by atoms with van der Waals surface area (Å²) in [5.74, 6) is -1.53. The maximum Gasteiger partial charge on any atom is 0.264 e. The van der Waals surface area contributed by atoms with Crippen molar-refractivity contribution in [1.82, 2.24) is 10.2 Å². The van der Waals surface area contributed by atoms with E-state index in [4.69, 9.17) is 11.6 Å². The molecule has 4 aromatic carbocycles. The van der Waals surface area contributed by atoms with E-state index in [1.54, 1.807) is 42.5 Å². The highest BCUT2D eigenvalue weighted by molar-refractivity contribution is 7.92. The number of nitrogens with zero attached hydrogens (tertiary/aromatic N) is 2. The zero-order chi connectivity index (χ0) is 31.7. The number of carbonyl (C=O) groups excluding carboxylic acids is 2. The van der Waals surface area contributed by atoms with Gasteiger partial charge in [0.1, 0.15) is 18.4 Å². The Kier molecular flexibility index (Phi) is 11.1. The topological polar surface area (TPSA) is 86.8 Å². The fourth-order valence-electron chi connectivity index (χ4n) is 4.68. The molecule has 0 saturated heterocycles. The van der Waals surface area contributed by atoms with E-state index in [0.29, 0.717) is 17.0 Å². The molecule has 0 radical (unpaired) electrons. The van der Waals surface area contributed by atoms with Gasteiger partial charge in [-0.05, 0) is 73.0 Å². The van der Waals surface area contributed by atoms with Gasteiger partial charge in [-0.25, -0.2) is 12.8 Å². The first-order chi connectivity index (χ1) is 21.1. The summed E-state index contributed by atoms with van der Waals surface area (Å²) in [6.07, 6.45) is 0.872. The average molecular weight is 636 g/mol. The third-order valence-corrected chi connectivity index (χ3v) is 9.26. The number of carbonyl (C=O) groups is 2. The first-order valence-electron chi connectivity index (χ1n) is 14.3. The summed E-state index contributed by atoms with van der Waals surface area (Å²) < 4.78 is 42.7. The molecule has 0 aliphatic heterocycles. The molecule has 0 bridgehead atoms. The van der Waals surface area contributed by atoms with Crippen LogP contribution in [0.1, 0.15) is 31.4 Å². The number of sulfonamides is 1. The van der Waals surface area contributed by atoms with E-state index in [-0.39, 0.29) is 35.5 Å². The summed E-state index contributed by atoms with van der Waals surface area (Å²) in [7, 11) is -4.26. The fourth-order valence-corrected chi connectivity index (χ4v) is 6.33. The smallest absolute Gasteiger partial charge is 0.264 e. The normalized spacial score (nSPS) is 12.6. The van der Waals surface area contributed by atoms with Crippen LogP contribution in [0.4, 0.5) is 10.1 Å². The number of benzene rings is 4. The molecule has 0 heterocycles. The quantitative estimate of drug-likeness (QED) is 0.189. The van der Waals surface area contributed by atoms with Crippen LogP contribution in [0.25, 0.3) is 0 Å². The van der Waals surface area contributed by atoms with Crippen molar-refractivity contribution in [2.24, 2.45) is 0 Å². The third-order valence-electron chi connectivity index (χ3n) is 7.24. The van der Waals surface area contributed by atoms with Crippen LogP contribution in [0, 0.1) is 5.82 Å². The van der Waals surface area contributed by atoms with Crippen molar-refractivity contribution in [3.63, 3.8) is 0 Å². The van der Waals surface area contributed by atoms with Crippen molar-refractivity contribution in [2.75, 3.05) is 10.8 Å². The van der Waals surface area contributed by atoms with Gasteiger partial charge >= 0.3 is 0 Å². The van der Waals surface area contributed by atoms with Crippen LogP contribution in [-0.2, 0) is 32.6 Å². The summed E-state index contributed by atoms with van der Waals surface area (Å²) >= 11 is 6.27. The summed E-state index contributed by atoms with van der Waals surface area (Å²) in [4.78, 5) is 29.6. The minimum absolute atomic E-state index is 0.00649. The van der Waals surface area contributed by atoms with E-state index >= 15 is 0 Å². The molecule has 230 valence electrons. The molecule has 2 atom stereocenters. The molecular formula is C34H35ClFN3O4S. The second-order valence-corrected chi connectivity index (χ2v) is 12.8. The molecule has 1 N–H and O–H groups in total. The van der Waals surface area contributed by atoms with Crippen molar-refractivity contribution in [1.29, 1.82) is 0 Å². The molecule has 0 aliphatic carbocycles. The van der Waals surface area contributed by atoms with Gasteiger partial charge < -0.3 is 10.2 Å². The van der Waals surface area contributed by atoms with E-state index in [2.05, 4.69) is 5.32 Å². The molecule has 10 heteroatoms. The van der Waals surface area contributed by atoms with E-state index in [1.807, 2.05) is 44.2 Å². The number of amides is 2. The Labute approximate surface area is 263 Å². The first-order valence-corrected chi connectivity index (χ1v) is 16.1. The summed E-state index contributed by atoms with van der Waals surface area (Å²) in [5.41, 5.74) is 1.60. The highest BCUT2D eigenvalue weighted by Crippen LogP contribution is 2.25. The van der Waals surface area contributed by atoms with Gasteiger partial charge in [-0.3, -0.25) is 13.9 Å². The van der Waals surface area contributed by atoms with E-state index in [1.165, 1.54) is 29.2 Å². The van der Waals surface area contributed by atoms with Crippen LogP contribution < -0.4 is 9.62 Å². The molecule has 44 heavy (non-hydrogen) atoms. The highest BCUT2D eigenvalue weighted by atomic mass is 35.5. The molecule has 2 amide bonds. The lowest BCUT2D eigenvalue weighted by Gasteiger charge is -2.34. The largest absolute Gasteiger partial charge is 0.352 e. The Balaban J connectivity index is 1.80. The Bertz CT molecular complexity index is 1660. The molecule has 0 saturated carbocycles. The number of nitrogens with one attached hydrogen (secondary N) is 1. The molecule has 0 aliphatic rings. The number of hydrogen-bond acceptors (Lipinski definition) is 4. The zero-order valence-electron chi connectivity index (χ0n) is 24.6. The Morgan fingerprint density at radius 1 is 0.864 bits per heavy atom. The lowest BCUT2D eigenvalue weighted by Crippen LogP contribution is -2.54. The molecule has 7 nitrogen and oxygen atoms in total. The molecule has 0 unspecified atom stereocenters. The zero-order valence-corrected chi connectivity index (χ0v) is 26.1. The minimum atomic E-state index is -4.26. The summed E-state index contributed by atoms with van der Waals surface area (Å²) in [6.45, 7) is 3.18. The van der Waals surface area contributed by atoms with Crippen molar-refractivity contribution in [2.45, 2.75) is 50.2 Å². The van der Waals surface area contributed by atoms with Gasteiger partial charge in [0.15, 0.2) is 0 Å². The fraction of sp³-hybridized carbons (Fsp3) is 0.235. The van der Waals surface area contributed by atoms with E-state index in [9.17, 15) is 22.4 Å². The number of anilines is 1. The lowest BCUT2D eigenvalue weighted by atomic mass is 10.0. The monoisotopic (exact) mass is 635 g/mol. The van der Waals surface area contributed by atoms with Gasteiger partial charge in [-0.15, -0.1) is 0 Å². The van der Waals surface area contributed by atoms with E-state index < -0.39 is 34.3 Å². The van der Waals surface area contributed by atoms with Crippen molar-refractivity contribution in [3.05, 3.63) is 131 Å². The second-order valence-electron chi connectivity index (χ2n) is 10.5. The van der Waals surface area contributed by atoms with Crippen LogP contribution in [-0.4, -0.2) is 43.8 Å². The van der Waals surface area contributed by atoms with Crippen LogP contribution >= 0.6 is 11.6 Å². The van der Waals surface area contributed by atoms with Gasteiger partial charge in [0.2, 0.25) is 11.8 Å². The Morgan fingerprint density at radius 3 is 2.09 bits per heavy atom. The summed E-state index contributed by atoms with van der Waals surface area (Å²) in [5, 5.41) is 3.45. The van der Waals surface area contributed by atoms with Gasteiger partial charge in [-0.2, -0.15) is 0 Å². The van der Waals surface area contributed by atoms with Crippen molar-refractivity contribution >= 4 is 39.1 Å². The standard InChI is InChI=1S/C34H35ClFN3O4S/c1-3-25(2)37-34(41)32(22-26-11-6-4-7-12-26)38(23-27-13-10-14-28(35)21-27)33(40)24-39(30-19-17-29(36)18-20-30)44(42,43)31-15-8-5-9-16-31/h4-21,25,32H,3,22-24H2,1-2H3,(H,37,41)/t25-,32-/m1/s1. The molecule has 4 aromatic rings. The lowest BCUT2D eigenvalue weighted by molar-refractivity contribution is -0.140. The predicted octanol–water partition coefficient (Wildman–Crippen LogP) is 6.23.